The maximum Gasteiger partial charge on any atom is 0.271 e. The molecule has 0 saturated carbocycles. The summed E-state index contributed by atoms with van der Waals surface area (Å²) in [4.78, 5) is 0. The van der Waals surface area contributed by atoms with E-state index >= 15 is 0 Å². The highest BCUT2D eigenvalue weighted by molar-refractivity contribution is 4.70. The summed E-state index contributed by atoms with van der Waals surface area (Å²) in [7, 11) is 0. The van der Waals surface area contributed by atoms with Crippen LogP contribution in [0.5, 0.6) is 0 Å². The number of hydrogen-bond donors (Lipinski definition) is 0. The van der Waals surface area contributed by atoms with Crippen LogP contribution in [0.15, 0.2) is 0 Å². The predicted molar refractivity (Wildman–Crippen MR) is 50.1 cm³/mol. The molecule has 0 N–H and O–H groups in total. The number of ether oxygens (including phenoxy) is 1. The average Bonchev–Trinajstić information content (AvgIpc) is 1.97. The molecule has 0 atom stereocenters. The minimum absolute atomic E-state index is 0.0321. The second kappa shape index (κ2) is 4.89. The zero-order chi connectivity index (χ0) is 10.5. The quantitative estimate of drug-likeness (QED) is 0.651. The number of hydrogen-bond acceptors (Lipinski definition) is 1. The van der Waals surface area contributed by atoms with Crippen LogP contribution in [0, 0.1) is 5.41 Å². The highest BCUT2D eigenvalue weighted by atomic mass is 19.3. The van der Waals surface area contributed by atoms with Crippen LogP contribution in [0.3, 0.4) is 0 Å². The largest absolute Gasteiger partial charge is 0.375 e. The van der Waals surface area contributed by atoms with Crippen molar-refractivity contribution in [3.63, 3.8) is 0 Å². The van der Waals surface area contributed by atoms with Crippen LogP contribution in [0.2, 0.25) is 0 Å². The maximum absolute atomic E-state index is 13.0. The normalized spacial score (nSPS) is 13.4. The van der Waals surface area contributed by atoms with Crippen molar-refractivity contribution in [1.29, 1.82) is 0 Å². The second-order valence-corrected chi connectivity index (χ2v) is 4.55. The van der Waals surface area contributed by atoms with Gasteiger partial charge in [-0.05, 0) is 18.8 Å². The Labute approximate surface area is 79.5 Å². The van der Waals surface area contributed by atoms with E-state index in [1.165, 1.54) is 0 Å². The molecule has 0 fully saturated rings. The maximum atomic E-state index is 13.0. The molecule has 80 valence electrons. The standard InChI is InChI=1S/C10H20F2O/c1-5-13-8-10(11,12)7-6-9(2,3)4/h5-8H2,1-4H3. The second-order valence-electron chi connectivity index (χ2n) is 4.55. The van der Waals surface area contributed by atoms with Crippen molar-refractivity contribution >= 4 is 0 Å². The van der Waals surface area contributed by atoms with Crippen molar-refractivity contribution < 1.29 is 13.5 Å². The molecule has 0 saturated heterocycles. The Hall–Kier alpha value is -0.180. The first-order chi connectivity index (χ1) is 5.77. The van der Waals surface area contributed by atoms with Crippen LogP contribution in [0.4, 0.5) is 8.78 Å². The highest BCUT2D eigenvalue weighted by Crippen LogP contribution is 2.29. The third-order valence-electron chi connectivity index (χ3n) is 1.76. The zero-order valence-electron chi connectivity index (χ0n) is 8.99. The fourth-order valence-electron chi connectivity index (χ4n) is 0.881. The lowest BCUT2D eigenvalue weighted by Crippen LogP contribution is -2.25. The molecule has 0 aliphatic carbocycles. The van der Waals surface area contributed by atoms with Crippen LogP contribution >= 0.6 is 0 Å². The topological polar surface area (TPSA) is 9.23 Å². The highest BCUT2D eigenvalue weighted by Gasteiger charge is 2.30. The van der Waals surface area contributed by atoms with Crippen LogP contribution in [-0.2, 0) is 4.74 Å². The number of rotatable bonds is 5. The van der Waals surface area contributed by atoms with Gasteiger partial charge in [0, 0.05) is 13.0 Å². The first kappa shape index (κ1) is 12.8. The third-order valence-corrected chi connectivity index (χ3v) is 1.76. The number of alkyl halides is 2. The molecule has 0 amide bonds. The summed E-state index contributed by atoms with van der Waals surface area (Å²) in [5.74, 6) is -2.66. The molecule has 0 aromatic rings. The summed E-state index contributed by atoms with van der Waals surface area (Å²) in [6, 6.07) is 0. The van der Waals surface area contributed by atoms with Crippen LogP contribution in [-0.4, -0.2) is 19.1 Å². The fourth-order valence-corrected chi connectivity index (χ4v) is 0.881. The van der Waals surface area contributed by atoms with Gasteiger partial charge in [-0.15, -0.1) is 0 Å². The van der Waals surface area contributed by atoms with E-state index < -0.39 is 12.5 Å². The average molecular weight is 194 g/mol. The lowest BCUT2D eigenvalue weighted by atomic mass is 9.89. The van der Waals surface area contributed by atoms with E-state index in [1.54, 1.807) is 6.92 Å². The van der Waals surface area contributed by atoms with Gasteiger partial charge in [0.05, 0.1) is 0 Å². The summed E-state index contributed by atoms with van der Waals surface area (Å²) >= 11 is 0. The van der Waals surface area contributed by atoms with Crippen molar-refractivity contribution in [2.75, 3.05) is 13.2 Å². The first-order valence-electron chi connectivity index (χ1n) is 4.72. The molecule has 0 heterocycles. The van der Waals surface area contributed by atoms with Gasteiger partial charge < -0.3 is 4.74 Å². The van der Waals surface area contributed by atoms with Gasteiger partial charge >= 0.3 is 0 Å². The zero-order valence-corrected chi connectivity index (χ0v) is 8.99. The summed E-state index contributed by atoms with van der Waals surface area (Å²) < 4.78 is 30.7. The van der Waals surface area contributed by atoms with Crippen molar-refractivity contribution in [3.05, 3.63) is 0 Å². The van der Waals surface area contributed by atoms with E-state index in [4.69, 9.17) is 4.74 Å². The van der Waals surface area contributed by atoms with E-state index in [0.29, 0.717) is 13.0 Å². The molecule has 1 nitrogen and oxygen atoms in total. The minimum atomic E-state index is -2.66. The Bertz CT molecular complexity index is 138. The summed E-state index contributed by atoms with van der Waals surface area (Å²) in [6.45, 7) is 7.52. The Morgan fingerprint density at radius 1 is 1.08 bits per heavy atom. The molecule has 0 aromatic carbocycles. The molecule has 0 radical (unpaired) electrons. The molecular weight excluding hydrogens is 174 g/mol. The molecule has 13 heavy (non-hydrogen) atoms. The van der Waals surface area contributed by atoms with E-state index in [1.807, 2.05) is 20.8 Å². The monoisotopic (exact) mass is 194 g/mol. The Kier molecular flexibility index (Phi) is 4.82. The van der Waals surface area contributed by atoms with Crippen molar-refractivity contribution in [1.82, 2.24) is 0 Å². The van der Waals surface area contributed by atoms with Crippen molar-refractivity contribution in [2.45, 2.75) is 46.5 Å². The summed E-state index contributed by atoms with van der Waals surface area (Å²) in [5, 5.41) is 0. The van der Waals surface area contributed by atoms with Crippen molar-refractivity contribution in [2.24, 2.45) is 5.41 Å². The number of halogens is 2. The predicted octanol–water partition coefficient (Wildman–Crippen LogP) is 3.48. The molecule has 0 aromatic heterocycles. The van der Waals surface area contributed by atoms with Gasteiger partial charge in [-0.1, -0.05) is 20.8 Å². The van der Waals surface area contributed by atoms with Gasteiger partial charge in [-0.2, -0.15) is 0 Å². The molecule has 0 aliphatic rings. The molecule has 0 spiro atoms. The molecule has 0 aliphatic heterocycles. The lowest BCUT2D eigenvalue weighted by molar-refractivity contribution is -0.0849. The lowest BCUT2D eigenvalue weighted by Gasteiger charge is -2.22. The Morgan fingerprint density at radius 3 is 2.00 bits per heavy atom. The SMILES string of the molecule is CCOCC(F)(F)CCC(C)(C)C. The van der Waals surface area contributed by atoms with Gasteiger partial charge in [0.2, 0.25) is 0 Å². The van der Waals surface area contributed by atoms with Gasteiger partial charge in [-0.3, -0.25) is 0 Å². The first-order valence-corrected chi connectivity index (χ1v) is 4.72. The van der Waals surface area contributed by atoms with Gasteiger partial charge in [0.15, 0.2) is 0 Å². The summed E-state index contributed by atoms with van der Waals surface area (Å²) in [6.07, 6.45) is 0.434. The van der Waals surface area contributed by atoms with E-state index in [-0.39, 0.29) is 11.8 Å². The van der Waals surface area contributed by atoms with E-state index in [0.717, 1.165) is 0 Å². The molecular formula is C10H20F2O. The van der Waals surface area contributed by atoms with E-state index in [9.17, 15) is 8.78 Å². The van der Waals surface area contributed by atoms with Crippen LogP contribution < -0.4 is 0 Å². The summed E-state index contributed by atoms with van der Waals surface area (Å²) in [5.41, 5.74) is -0.0321. The van der Waals surface area contributed by atoms with Gasteiger partial charge in [-0.25, -0.2) is 8.78 Å². The van der Waals surface area contributed by atoms with Crippen LogP contribution in [0.1, 0.15) is 40.5 Å². The van der Waals surface area contributed by atoms with Gasteiger partial charge in [0.1, 0.15) is 6.61 Å². The molecule has 0 bridgehead atoms. The van der Waals surface area contributed by atoms with Crippen LogP contribution in [0.25, 0.3) is 0 Å². The molecule has 0 rings (SSSR count). The molecule has 0 unspecified atom stereocenters. The van der Waals surface area contributed by atoms with Crippen molar-refractivity contribution in [3.8, 4) is 0 Å². The third kappa shape index (κ3) is 8.16. The fraction of sp³-hybridized carbons (Fsp3) is 1.00. The van der Waals surface area contributed by atoms with Gasteiger partial charge in [0.25, 0.3) is 5.92 Å². The molecule has 3 heteroatoms. The Balaban J connectivity index is 3.75. The Morgan fingerprint density at radius 2 is 1.62 bits per heavy atom. The van der Waals surface area contributed by atoms with E-state index in [2.05, 4.69) is 0 Å². The smallest absolute Gasteiger partial charge is 0.271 e. The minimum Gasteiger partial charge on any atom is -0.375 e.